The number of benzene rings is 2. The number of Topliss-reactive ketones (excluding diaryl/α,β-unsaturated/α-hetero) is 1. The normalized spacial score (nSPS) is 10.7. The molecule has 2 aromatic rings. The highest BCUT2D eigenvalue weighted by molar-refractivity contribution is 5.97. The van der Waals surface area contributed by atoms with Crippen LogP contribution in [0, 0.1) is 6.92 Å². The lowest BCUT2D eigenvalue weighted by Crippen LogP contribution is -2.03. The summed E-state index contributed by atoms with van der Waals surface area (Å²) in [6.07, 6.45) is 2.90. The summed E-state index contributed by atoms with van der Waals surface area (Å²) in [6, 6.07) is 14.8. The van der Waals surface area contributed by atoms with Crippen molar-refractivity contribution >= 4 is 17.8 Å². The Balaban J connectivity index is 2.12. The molecule has 106 valence electrons. The number of carbonyl (C=O) groups excluding carboxylic acids is 1. The Morgan fingerprint density at radius 1 is 1.10 bits per heavy atom. The molecule has 0 bridgehead atoms. The SMILES string of the molecule is Cc1ccc(C(=O)Cc2cccc(/C=C/C(=O)O)c2)cc1. The Hall–Kier alpha value is -2.68. The van der Waals surface area contributed by atoms with Gasteiger partial charge in [-0.1, -0.05) is 54.1 Å². The summed E-state index contributed by atoms with van der Waals surface area (Å²) in [5.74, 6) is -0.939. The van der Waals surface area contributed by atoms with Crippen molar-refractivity contribution in [1.82, 2.24) is 0 Å². The molecule has 0 fully saturated rings. The number of hydrogen-bond donors (Lipinski definition) is 1. The van der Waals surface area contributed by atoms with Crippen molar-refractivity contribution < 1.29 is 14.7 Å². The molecule has 0 aromatic heterocycles. The van der Waals surface area contributed by atoms with E-state index in [1.165, 1.54) is 6.08 Å². The van der Waals surface area contributed by atoms with Crippen LogP contribution in [0.1, 0.15) is 27.0 Å². The number of carboxylic acid groups (broad SMARTS) is 1. The summed E-state index contributed by atoms with van der Waals surface area (Å²) in [4.78, 5) is 22.7. The summed E-state index contributed by atoms with van der Waals surface area (Å²) in [5, 5.41) is 8.62. The minimum absolute atomic E-state index is 0.0503. The summed E-state index contributed by atoms with van der Waals surface area (Å²) >= 11 is 0. The van der Waals surface area contributed by atoms with Gasteiger partial charge in [0.2, 0.25) is 0 Å². The van der Waals surface area contributed by atoms with Gasteiger partial charge in [-0.15, -0.1) is 0 Å². The first-order chi connectivity index (χ1) is 10.0. The molecule has 0 aliphatic rings. The Kier molecular flexibility index (Phi) is 4.67. The van der Waals surface area contributed by atoms with Gasteiger partial charge in [-0.3, -0.25) is 4.79 Å². The molecule has 0 aliphatic heterocycles. The first-order valence-corrected chi connectivity index (χ1v) is 6.64. The fourth-order valence-corrected chi connectivity index (χ4v) is 2.00. The molecule has 2 rings (SSSR count). The van der Waals surface area contributed by atoms with Gasteiger partial charge in [0.25, 0.3) is 0 Å². The molecule has 0 spiro atoms. The van der Waals surface area contributed by atoms with E-state index in [2.05, 4.69) is 0 Å². The van der Waals surface area contributed by atoms with Crippen LogP contribution in [0.2, 0.25) is 0 Å². The van der Waals surface area contributed by atoms with E-state index in [1.807, 2.05) is 49.4 Å². The highest BCUT2D eigenvalue weighted by Gasteiger charge is 2.07. The van der Waals surface area contributed by atoms with Crippen LogP contribution in [0.4, 0.5) is 0 Å². The molecule has 1 N–H and O–H groups in total. The van der Waals surface area contributed by atoms with Gasteiger partial charge in [-0.25, -0.2) is 4.79 Å². The highest BCUT2D eigenvalue weighted by atomic mass is 16.4. The molecule has 3 heteroatoms. The summed E-state index contributed by atoms with van der Waals surface area (Å²) in [5.41, 5.74) is 3.44. The number of hydrogen-bond acceptors (Lipinski definition) is 2. The lowest BCUT2D eigenvalue weighted by molar-refractivity contribution is -0.131. The lowest BCUT2D eigenvalue weighted by Gasteiger charge is -2.03. The van der Waals surface area contributed by atoms with Crippen LogP contribution in [0.3, 0.4) is 0 Å². The average Bonchev–Trinajstić information content (AvgIpc) is 2.46. The molecule has 3 nitrogen and oxygen atoms in total. The second kappa shape index (κ2) is 6.66. The predicted molar refractivity (Wildman–Crippen MR) is 82.3 cm³/mol. The zero-order valence-electron chi connectivity index (χ0n) is 11.7. The Bertz CT molecular complexity index is 682. The van der Waals surface area contributed by atoms with Crippen LogP contribution < -0.4 is 0 Å². The quantitative estimate of drug-likeness (QED) is 0.673. The molecule has 0 unspecified atom stereocenters. The molecular weight excluding hydrogens is 264 g/mol. The number of rotatable bonds is 5. The van der Waals surface area contributed by atoms with Crippen molar-refractivity contribution in [1.29, 1.82) is 0 Å². The van der Waals surface area contributed by atoms with Gasteiger partial charge in [0.1, 0.15) is 0 Å². The van der Waals surface area contributed by atoms with E-state index in [-0.39, 0.29) is 5.78 Å². The molecule has 0 atom stereocenters. The van der Waals surface area contributed by atoms with Crippen LogP contribution in [0.5, 0.6) is 0 Å². The summed E-state index contributed by atoms with van der Waals surface area (Å²) in [6.45, 7) is 1.98. The van der Waals surface area contributed by atoms with Gasteiger partial charge in [-0.2, -0.15) is 0 Å². The van der Waals surface area contributed by atoms with Crippen LogP contribution in [0.25, 0.3) is 6.08 Å². The van der Waals surface area contributed by atoms with Crippen molar-refractivity contribution in [2.45, 2.75) is 13.3 Å². The number of carbonyl (C=O) groups is 2. The highest BCUT2D eigenvalue weighted by Crippen LogP contribution is 2.12. The van der Waals surface area contributed by atoms with Crippen molar-refractivity contribution in [3.8, 4) is 0 Å². The minimum atomic E-state index is -0.990. The van der Waals surface area contributed by atoms with E-state index in [9.17, 15) is 9.59 Å². The minimum Gasteiger partial charge on any atom is -0.478 e. The second-order valence-electron chi connectivity index (χ2n) is 4.88. The van der Waals surface area contributed by atoms with Gasteiger partial charge in [0.05, 0.1) is 0 Å². The fourth-order valence-electron chi connectivity index (χ4n) is 2.00. The van der Waals surface area contributed by atoms with Crippen LogP contribution in [0.15, 0.2) is 54.6 Å². The maximum Gasteiger partial charge on any atom is 0.328 e. The largest absolute Gasteiger partial charge is 0.478 e. The van der Waals surface area contributed by atoms with E-state index in [4.69, 9.17) is 5.11 Å². The Labute approximate surface area is 123 Å². The molecular formula is C18H16O3. The molecule has 0 aliphatic carbocycles. The molecule has 2 aromatic carbocycles. The van der Waals surface area contributed by atoms with Crippen LogP contribution >= 0.6 is 0 Å². The molecule has 21 heavy (non-hydrogen) atoms. The van der Waals surface area contributed by atoms with E-state index in [1.54, 1.807) is 6.07 Å². The van der Waals surface area contributed by atoms with Crippen molar-refractivity contribution in [2.75, 3.05) is 0 Å². The average molecular weight is 280 g/mol. The van der Waals surface area contributed by atoms with Gasteiger partial charge in [0.15, 0.2) is 5.78 Å². The van der Waals surface area contributed by atoms with E-state index >= 15 is 0 Å². The van der Waals surface area contributed by atoms with E-state index in [0.29, 0.717) is 12.0 Å². The number of aliphatic carboxylic acids is 1. The topological polar surface area (TPSA) is 54.4 Å². The molecule has 0 saturated heterocycles. The third kappa shape index (κ3) is 4.42. The van der Waals surface area contributed by atoms with Gasteiger partial charge in [0, 0.05) is 18.1 Å². The summed E-state index contributed by atoms with van der Waals surface area (Å²) < 4.78 is 0. The number of carboxylic acids is 1. The number of ketones is 1. The Morgan fingerprint density at radius 3 is 2.48 bits per heavy atom. The first-order valence-electron chi connectivity index (χ1n) is 6.64. The predicted octanol–water partition coefficient (Wildman–Crippen LogP) is 3.52. The van der Waals surface area contributed by atoms with Crippen LogP contribution in [-0.2, 0) is 11.2 Å². The summed E-state index contributed by atoms with van der Waals surface area (Å²) in [7, 11) is 0. The molecule has 0 radical (unpaired) electrons. The van der Waals surface area contributed by atoms with Gasteiger partial charge in [-0.05, 0) is 24.1 Å². The van der Waals surface area contributed by atoms with Crippen molar-refractivity contribution in [3.05, 3.63) is 76.9 Å². The zero-order valence-corrected chi connectivity index (χ0v) is 11.7. The van der Waals surface area contributed by atoms with Gasteiger partial charge >= 0.3 is 5.97 Å². The number of aryl methyl sites for hydroxylation is 1. The third-order valence-electron chi connectivity index (χ3n) is 3.11. The first kappa shape index (κ1) is 14.7. The van der Waals surface area contributed by atoms with E-state index < -0.39 is 5.97 Å². The van der Waals surface area contributed by atoms with Crippen molar-refractivity contribution in [2.24, 2.45) is 0 Å². The van der Waals surface area contributed by atoms with E-state index in [0.717, 1.165) is 22.8 Å². The standard InChI is InChI=1S/C18H16O3/c1-13-5-8-16(9-6-13)17(19)12-15-4-2-3-14(11-15)7-10-18(20)21/h2-11H,12H2,1H3,(H,20,21)/b10-7+. The molecule has 0 heterocycles. The fraction of sp³-hybridized carbons (Fsp3) is 0.111. The zero-order chi connectivity index (χ0) is 15.2. The lowest BCUT2D eigenvalue weighted by atomic mass is 10.0. The monoisotopic (exact) mass is 280 g/mol. The van der Waals surface area contributed by atoms with Crippen molar-refractivity contribution in [3.63, 3.8) is 0 Å². The molecule has 0 amide bonds. The molecule has 0 saturated carbocycles. The third-order valence-corrected chi connectivity index (χ3v) is 3.11. The smallest absolute Gasteiger partial charge is 0.328 e. The van der Waals surface area contributed by atoms with Gasteiger partial charge < -0.3 is 5.11 Å². The second-order valence-corrected chi connectivity index (χ2v) is 4.88. The maximum absolute atomic E-state index is 12.2. The Morgan fingerprint density at radius 2 is 1.81 bits per heavy atom. The van der Waals surface area contributed by atoms with Crippen LogP contribution in [-0.4, -0.2) is 16.9 Å². The maximum atomic E-state index is 12.2.